The lowest BCUT2D eigenvalue weighted by molar-refractivity contribution is -0.119. The van der Waals surface area contributed by atoms with Crippen LogP contribution in [-0.2, 0) is 4.79 Å². The van der Waals surface area contributed by atoms with Gasteiger partial charge in [-0.05, 0) is 62.1 Å². The fourth-order valence-corrected chi connectivity index (χ4v) is 5.16. The average Bonchev–Trinajstić information content (AvgIpc) is 2.91. The van der Waals surface area contributed by atoms with Gasteiger partial charge in [-0.1, -0.05) is 12.1 Å². The van der Waals surface area contributed by atoms with E-state index < -0.39 is 0 Å². The highest BCUT2D eigenvalue weighted by atomic mass is 19.1. The molecule has 0 aliphatic carbocycles. The van der Waals surface area contributed by atoms with Gasteiger partial charge in [0.2, 0.25) is 5.91 Å². The molecule has 146 valence electrons. The zero-order valence-corrected chi connectivity index (χ0v) is 15.9. The highest BCUT2D eigenvalue weighted by Crippen LogP contribution is 2.43. The summed E-state index contributed by atoms with van der Waals surface area (Å²) < 4.78 is 13.2. The van der Waals surface area contributed by atoms with Crippen LogP contribution in [0.15, 0.2) is 24.3 Å². The van der Waals surface area contributed by atoms with Crippen molar-refractivity contribution in [2.24, 2.45) is 0 Å². The van der Waals surface area contributed by atoms with E-state index in [9.17, 15) is 14.0 Å². The largest absolute Gasteiger partial charge is 0.353 e. The molecule has 1 N–H and O–H groups in total. The van der Waals surface area contributed by atoms with E-state index >= 15 is 0 Å². The molecule has 6 heteroatoms. The Bertz CT molecular complexity index is 686. The van der Waals surface area contributed by atoms with Gasteiger partial charge in [0.05, 0.1) is 0 Å². The number of benzene rings is 1. The van der Waals surface area contributed by atoms with Crippen molar-refractivity contribution in [3.8, 4) is 0 Å². The summed E-state index contributed by atoms with van der Waals surface area (Å²) in [6, 6.07) is 7.79. The van der Waals surface area contributed by atoms with E-state index in [0.29, 0.717) is 31.1 Å². The van der Waals surface area contributed by atoms with Crippen LogP contribution in [0.1, 0.15) is 56.9 Å². The second kappa shape index (κ2) is 7.49. The quantitative estimate of drug-likeness (QED) is 0.865. The number of nitrogens with one attached hydrogen (secondary N) is 1. The van der Waals surface area contributed by atoms with E-state index in [4.69, 9.17) is 0 Å². The van der Waals surface area contributed by atoms with E-state index in [1.165, 1.54) is 17.7 Å². The van der Waals surface area contributed by atoms with Gasteiger partial charge in [-0.25, -0.2) is 9.18 Å². The Kier molecular flexibility index (Phi) is 5.06. The zero-order chi connectivity index (χ0) is 19.0. The molecule has 4 rings (SSSR count). The number of hydrogen-bond acceptors (Lipinski definition) is 2. The third-order valence-corrected chi connectivity index (χ3v) is 6.47. The van der Waals surface area contributed by atoms with Gasteiger partial charge in [0.25, 0.3) is 0 Å². The molecular weight excluding hydrogens is 345 g/mol. The van der Waals surface area contributed by atoms with Gasteiger partial charge in [-0.3, -0.25) is 4.79 Å². The molecule has 1 aromatic carbocycles. The molecule has 3 amide bonds. The molecule has 3 aliphatic rings. The van der Waals surface area contributed by atoms with Gasteiger partial charge in [0.1, 0.15) is 5.82 Å². The first kappa shape index (κ1) is 18.3. The average molecular weight is 373 g/mol. The molecule has 3 atom stereocenters. The normalized spacial score (nSPS) is 28.3. The Balaban J connectivity index is 1.37. The fourth-order valence-electron chi connectivity index (χ4n) is 5.16. The molecule has 27 heavy (non-hydrogen) atoms. The molecule has 5 nitrogen and oxygen atoms in total. The lowest BCUT2D eigenvalue weighted by atomic mass is 9.85. The van der Waals surface area contributed by atoms with Crippen molar-refractivity contribution >= 4 is 11.9 Å². The number of halogens is 1. The standard InChI is InChI=1S/C21H28FN3O2/c1-14(26)23-18-8-10-24(11-9-18)21(27)25-19-6-7-20(25)13-16(12-19)15-2-4-17(22)5-3-15/h2-5,16,18-20H,6-13H2,1H3,(H,23,26)/t16-,19+,20-. The van der Waals surface area contributed by atoms with Gasteiger partial charge in [0, 0.05) is 38.1 Å². The van der Waals surface area contributed by atoms with Crippen LogP contribution in [0.2, 0.25) is 0 Å². The van der Waals surface area contributed by atoms with Crippen LogP contribution in [-0.4, -0.2) is 53.0 Å². The summed E-state index contributed by atoms with van der Waals surface area (Å²) in [6.45, 7) is 2.96. The van der Waals surface area contributed by atoms with Gasteiger partial charge in [-0.2, -0.15) is 0 Å². The van der Waals surface area contributed by atoms with Gasteiger partial charge < -0.3 is 15.1 Å². The number of amides is 3. The first-order valence-corrected chi connectivity index (χ1v) is 10.1. The van der Waals surface area contributed by atoms with E-state index in [1.54, 1.807) is 6.92 Å². The van der Waals surface area contributed by atoms with Crippen LogP contribution in [0.5, 0.6) is 0 Å². The number of likely N-dealkylation sites (tertiary alicyclic amines) is 1. The smallest absolute Gasteiger partial charge is 0.320 e. The van der Waals surface area contributed by atoms with Crippen LogP contribution in [0, 0.1) is 5.82 Å². The van der Waals surface area contributed by atoms with E-state index in [1.807, 2.05) is 17.0 Å². The van der Waals surface area contributed by atoms with Crippen LogP contribution in [0.25, 0.3) is 0 Å². The fraction of sp³-hybridized carbons (Fsp3) is 0.619. The summed E-state index contributed by atoms with van der Waals surface area (Å²) in [7, 11) is 0. The Morgan fingerprint density at radius 2 is 1.59 bits per heavy atom. The van der Waals surface area contributed by atoms with E-state index in [0.717, 1.165) is 38.5 Å². The predicted molar refractivity (Wildman–Crippen MR) is 101 cm³/mol. The van der Waals surface area contributed by atoms with E-state index in [2.05, 4.69) is 10.2 Å². The molecule has 0 saturated carbocycles. The molecule has 1 aromatic rings. The molecule has 0 radical (unpaired) electrons. The molecule has 3 aliphatic heterocycles. The molecule has 2 bridgehead atoms. The van der Waals surface area contributed by atoms with Crippen LogP contribution < -0.4 is 5.32 Å². The van der Waals surface area contributed by atoms with Crippen molar-refractivity contribution in [3.05, 3.63) is 35.6 Å². The number of fused-ring (bicyclic) bond motifs is 2. The number of carbonyl (C=O) groups excluding carboxylic acids is 2. The van der Waals surface area contributed by atoms with Crippen molar-refractivity contribution < 1.29 is 14.0 Å². The lowest BCUT2D eigenvalue weighted by Gasteiger charge is -2.43. The predicted octanol–water partition coefficient (Wildman–Crippen LogP) is 3.26. The summed E-state index contributed by atoms with van der Waals surface area (Å²) in [5.74, 6) is 0.218. The highest BCUT2D eigenvalue weighted by Gasteiger charge is 2.45. The first-order chi connectivity index (χ1) is 13.0. The summed E-state index contributed by atoms with van der Waals surface area (Å²) in [5.41, 5.74) is 1.19. The van der Waals surface area contributed by atoms with Gasteiger partial charge in [-0.15, -0.1) is 0 Å². The minimum Gasteiger partial charge on any atom is -0.353 e. The number of carbonyl (C=O) groups is 2. The van der Waals surface area contributed by atoms with Crippen molar-refractivity contribution in [1.29, 1.82) is 0 Å². The Hall–Kier alpha value is -2.11. The van der Waals surface area contributed by atoms with Crippen molar-refractivity contribution in [1.82, 2.24) is 15.1 Å². The van der Waals surface area contributed by atoms with Gasteiger partial charge in [0.15, 0.2) is 0 Å². The van der Waals surface area contributed by atoms with Crippen LogP contribution in [0.3, 0.4) is 0 Å². The van der Waals surface area contributed by atoms with Gasteiger partial charge >= 0.3 is 6.03 Å². The minimum atomic E-state index is -0.197. The number of hydrogen-bond donors (Lipinski definition) is 1. The van der Waals surface area contributed by atoms with E-state index in [-0.39, 0.29) is 23.8 Å². The number of piperidine rings is 2. The highest BCUT2D eigenvalue weighted by molar-refractivity contribution is 5.76. The summed E-state index contributed by atoms with van der Waals surface area (Å²) in [6.07, 6.45) is 5.72. The van der Waals surface area contributed by atoms with Crippen molar-refractivity contribution in [2.45, 2.75) is 69.5 Å². The molecule has 3 fully saturated rings. The molecule has 0 unspecified atom stereocenters. The van der Waals surface area contributed by atoms with Crippen molar-refractivity contribution in [2.75, 3.05) is 13.1 Å². The Morgan fingerprint density at radius 3 is 2.15 bits per heavy atom. The lowest BCUT2D eigenvalue weighted by Crippen LogP contribution is -2.55. The Morgan fingerprint density at radius 1 is 1.00 bits per heavy atom. The maximum atomic E-state index is 13.2. The monoisotopic (exact) mass is 373 g/mol. The number of nitrogens with zero attached hydrogens (tertiary/aromatic N) is 2. The Labute approximate surface area is 159 Å². The topological polar surface area (TPSA) is 52.7 Å². The third kappa shape index (κ3) is 3.80. The van der Waals surface area contributed by atoms with Crippen LogP contribution >= 0.6 is 0 Å². The minimum absolute atomic E-state index is 0.000636. The number of rotatable bonds is 2. The van der Waals surface area contributed by atoms with Crippen molar-refractivity contribution in [3.63, 3.8) is 0 Å². The maximum absolute atomic E-state index is 13.2. The second-order valence-electron chi connectivity index (χ2n) is 8.26. The molecule has 3 saturated heterocycles. The molecule has 0 spiro atoms. The third-order valence-electron chi connectivity index (χ3n) is 6.47. The summed E-state index contributed by atoms with van der Waals surface area (Å²) >= 11 is 0. The zero-order valence-electron chi connectivity index (χ0n) is 15.9. The second-order valence-corrected chi connectivity index (χ2v) is 8.26. The molecular formula is C21H28FN3O2. The molecule has 3 heterocycles. The first-order valence-electron chi connectivity index (χ1n) is 10.1. The summed E-state index contributed by atoms with van der Waals surface area (Å²) in [4.78, 5) is 28.4. The number of urea groups is 1. The summed E-state index contributed by atoms with van der Waals surface area (Å²) in [5, 5.41) is 2.96. The molecule has 0 aromatic heterocycles. The SMILES string of the molecule is CC(=O)NC1CCN(C(=O)N2[C@@H]3CC[C@H]2C[C@@H](c2ccc(F)cc2)C3)CC1. The maximum Gasteiger partial charge on any atom is 0.320 e. The van der Waals surface area contributed by atoms with Crippen LogP contribution in [0.4, 0.5) is 9.18 Å².